The molecule has 9 rings (SSSR count). The van der Waals surface area contributed by atoms with Crippen LogP contribution < -0.4 is 9.80 Å². The summed E-state index contributed by atoms with van der Waals surface area (Å²) in [6.07, 6.45) is 7.16. The van der Waals surface area contributed by atoms with E-state index in [1.165, 1.54) is 22.2 Å². The summed E-state index contributed by atoms with van der Waals surface area (Å²) >= 11 is 0. The highest BCUT2D eigenvalue weighted by Crippen LogP contribution is 2.59. The number of rotatable bonds is 5. The van der Waals surface area contributed by atoms with Gasteiger partial charge >= 0.3 is 0 Å². The standard InChI is InChI=1S/C39H35N3O2/c1-4-11-24-17-20-33-28(22-24)26-13-9-14-30(36(26)43-33)42-34-23-39(5-2,6-3)29-19-18-27-25-12-7-8-16-32(25)44-37(27)35(29)41(34)31-15-10-21-40-38(31)42/h7-10,12-22,34H,4-6,11,23H2,1-3H3. The number of aryl methyl sites for hydroxylation is 1. The summed E-state index contributed by atoms with van der Waals surface area (Å²) in [5, 5.41) is 4.65. The third-order valence-corrected chi connectivity index (χ3v) is 10.4. The zero-order valence-corrected chi connectivity index (χ0v) is 25.4. The number of benzene rings is 4. The van der Waals surface area contributed by atoms with E-state index in [0.29, 0.717) is 0 Å². The number of nitrogens with zero attached hydrogens (tertiary/aromatic N) is 3. The van der Waals surface area contributed by atoms with Crippen LogP contribution in [0.25, 0.3) is 43.9 Å². The lowest BCUT2D eigenvalue weighted by Crippen LogP contribution is -2.48. The molecule has 1 unspecified atom stereocenters. The molecule has 7 aromatic rings. The normalized spacial score (nSPS) is 17.1. The molecule has 0 fully saturated rings. The SMILES string of the molecule is CCCc1ccc2oc3c(N4c5ncccc5N5c6c(ccc7c6oc6ccccc67)C(CC)(CC)CC45)cccc3c2c1. The molecule has 5 heteroatoms. The second-order valence-electron chi connectivity index (χ2n) is 12.5. The fraction of sp³-hybridized carbons (Fsp3) is 0.256. The van der Waals surface area contributed by atoms with Crippen LogP contribution in [-0.4, -0.2) is 11.1 Å². The molecule has 3 aromatic heterocycles. The maximum atomic E-state index is 6.74. The van der Waals surface area contributed by atoms with Gasteiger partial charge in [0.2, 0.25) is 0 Å². The number of fused-ring (bicyclic) bond motifs is 12. The highest BCUT2D eigenvalue weighted by molar-refractivity contribution is 6.13. The predicted octanol–water partition coefficient (Wildman–Crippen LogP) is 10.9. The molecule has 0 saturated heterocycles. The van der Waals surface area contributed by atoms with Crippen molar-refractivity contribution in [3.05, 3.63) is 102 Å². The van der Waals surface area contributed by atoms with Gasteiger partial charge in [-0.15, -0.1) is 0 Å². The lowest BCUT2D eigenvalue weighted by molar-refractivity contribution is 0.322. The summed E-state index contributed by atoms with van der Waals surface area (Å²) in [6, 6.07) is 30.5. The van der Waals surface area contributed by atoms with Crippen molar-refractivity contribution in [2.45, 2.75) is 64.5 Å². The zero-order chi connectivity index (χ0) is 29.6. The van der Waals surface area contributed by atoms with E-state index < -0.39 is 0 Å². The first kappa shape index (κ1) is 25.7. The largest absolute Gasteiger partial charge is 0.454 e. The van der Waals surface area contributed by atoms with Crippen LogP contribution in [0.5, 0.6) is 0 Å². The highest BCUT2D eigenvalue weighted by atomic mass is 16.3. The average molecular weight is 578 g/mol. The van der Waals surface area contributed by atoms with Gasteiger partial charge in [0, 0.05) is 33.2 Å². The Balaban J connectivity index is 1.32. The van der Waals surface area contributed by atoms with E-state index in [-0.39, 0.29) is 11.6 Å². The first-order chi connectivity index (χ1) is 21.7. The summed E-state index contributed by atoms with van der Waals surface area (Å²) in [5.41, 5.74) is 9.78. The Morgan fingerprint density at radius 3 is 2.36 bits per heavy atom. The van der Waals surface area contributed by atoms with Gasteiger partial charge in [-0.05, 0) is 73.2 Å². The van der Waals surface area contributed by atoms with E-state index in [2.05, 4.69) is 116 Å². The number of aromatic nitrogens is 1. The van der Waals surface area contributed by atoms with Crippen molar-refractivity contribution in [2.24, 2.45) is 0 Å². The summed E-state index contributed by atoms with van der Waals surface area (Å²) in [7, 11) is 0. The Labute approximate surface area is 256 Å². The monoisotopic (exact) mass is 577 g/mol. The molecular weight excluding hydrogens is 542 g/mol. The molecule has 0 saturated carbocycles. The third-order valence-electron chi connectivity index (χ3n) is 10.4. The van der Waals surface area contributed by atoms with Crippen LogP contribution >= 0.6 is 0 Å². The van der Waals surface area contributed by atoms with Crippen LogP contribution in [0.15, 0.2) is 100.0 Å². The van der Waals surface area contributed by atoms with Gasteiger partial charge in [0.15, 0.2) is 17.0 Å². The van der Waals surface area contributed by atoms with Gasteiger partial charge in [0.05, 0.1) is 17.1 Å². The Hall–Kier alpha value is -4.77. The molecule has 2 aliphatic heterocycles. The molecular formula is C39H35N3O2. The van der Waals surface area contributed by atoms with E-state index >= 15 is 0 Å². The van der Waals surface area contributed by atoms with E-state index in [9.17, 15) is 0 Å². The molecule has 0 bridgehead atoms. The van der Waals surface area contributed by atoms with Crippen LogP contribution in [-0.2, 0) is 11.8 Å². The summed E-state index contributed by atoms with van der Waals surface area (Å²) < 4.78 is 13.4. The third kappa shape index (κ3) is 3.33. The molecule has 218 valence electrons. The number of pyridine rings is 1. The minimum absolute atomic E-state index is 0.0131. The van der Waals surface area contributed by atoms with Gasteiger partial charge in [-0.25, -0.2) is 4.98 Å². The topological polar surface area (TPSA) is 45.7 Å². The summed E-state index contributed by atoms with van der Waals surface area (Å²) in [5.74, 6) is 0.958. The van der Waals surface area contributed by atoms with Crippen molar-refractivity contribution in [3.8, 4) is 0 Å². The molecule has 44 heavy (non-hydrogen) atoms. The van der Waals surface area contributed by atoms with E-state index in [1.54, 1.807) is 0 Å². The molecule has 5 heterocycles. The lowest BCUT2D eigenvalue weighted by atomic mass is 9.69. The molecule has 0 aliphatic carbocycles. The second-order valence-corrected chi connectivity index (χ2v) is 12.5. The van der Waals surface area contributed by atoms with Gasteiger partial charge < -0.3 is 13.7 Å². The summed E-state index contributed by atoms with van der Waals surface area (Å²) in [4.78, 5) is 10.00. The smallest absolute Gasteiger partial charge is 0.159 e. The predicted molar refractivity (Wildman–Crippen MR) is 181 cm³/mol. The number of hydrogen-bond acceptors (Lipinski definition) is 5. The molecule has 5 nitrogen and oxygen atoms in total. The molecule has 2 aliphatic rings. The van der Waals surface area contributed by atoms with Crippen molar-refractivity contribution in [1.82, 2.24) is 4.98 Å². The van der Waals surface area contributed by atoms with Crippen molar-refractivity contribution in [3.63, 3.8) is 0 Å². The molecule has 1 atom stereocenters. The maximum absolute atomic E-state index is 6.74. The van der Waals surface area contributed by atoms with Gasteiger partial charge in [-0.2, -0.15) is 0 Å². The van der Waals surface area contributed by atoms with Crippen molar-refractivity contribution in [2.75, 3.05) is 9.80 Å². The fourth-order valence-electron chi connectivity index (χ4n) is 8.19. The Morgan fingerprint density at radius 2 is 1.50 bits per heavy atom. The van der Waals surface area contributed by atoms with Gasteiger partial charge in [0.25, 0.3) is 0 Å². The number of furan rings is 2. The quantitative estimate of drug-likeness (QED) is 0.204. The number of para-hydroxylation sites is 2. The van der Waals surface area contributed by atoms with Crippen molar-refractivity contribution < 1.29 is 8.83 Å². The van der Waals surface area contributed by atoms with Crippen LogP contribution in [0.2, 0.25) is 0 Å². The average Bonchev–Trinajstić information content (AvgIpc) is 3.73. The first-order valence-electron chi connectivity index (χ1n) is 16.1. The van der Waals surface area contributed by atoms with Crippen LogP contribution in [0, 0.1) is 0 Å². The Morgan fingerprint density at radius 1 is 0.727 bits per heavy atom. The second kappa shape index (κ2) is 9.36. The Bertz CT molecular complexity index is 2240. The zero-order valence-electron chi connectivity index (χ0n) is 25.4. The summed E-state index contributed by atoms with van der Waals surface area (Å²) in [6.45, 7) is 6.90. The van der Waals surface area contributed by atoms with E-state index in [0.717, 1.165) is 87.8 Å². The lowest BCUT2D eigenvalue weighted by Gasteiger charge is -2.47. The molecule has 0 spiro atoms. The van der Waals surface area contributed by atoms with E-state index in [4.69, 9.17) is 13.8 Å². The molecule has 0 radical (unpaired) electrons. The van der Waals surface area contributed by atoms with Crippen LogP contribution in [0.4, 0.5) is 22.9 Å². The maximum Gasteiger partial charge on any atom is 0.159 e. The number of hydrogen-bond donors (Lipinski definition) is 0. The van der Waals surface area contributed by atoms with Crippen LogP contribution in [0.1, 0.15) is 57.6 Å². The first-order valence-corrected chi connectivity index (χ1v) is 16.1. The van der Waals surface area contributed by atoms with E-state index in [1.807, 2.05) is 6.20 Å². The minimum atomic E-state index is -0.0131. The fourth-order valence-corrected chi connectivity index (χ4v) is 8.19. The van der Waals surface area contributed by atoms with Crippen molar-refractivity contribution in [1.29, 1.82) is 0 Å². The van der Waals surface area contributed by atoms with Crippen molar-refractivity contribution >= 4 is 66.8 Å². The van der Waals surface area contributed by atoms with Gasteiger partial charge in [-0.1, -0.05) is 75.7 Å². The Kier molecular flexibility index (Phi) is 5.47. The minimum Gasteiger partial charge on any atom is -0.454 e. The number of anilines is 4. The highest BCUT2D eigenvalue weighted by Gasteiger charge is 2.51. The molecule has 4 aromatic carbocycles. The van der Waals surface area contributed by atoms with Gasteiger partial charge in [-0.3, -0.25) is 4.90 Å². The molecule has 0 N–H and O–H groups in total. The van der Waals surface area contributed by atoms with Crippen LogP contribution in [0.3, 0.4) is 0 Å². The van der Waals surface area contributed by atoms with Gasteiger partial charge in [0.1, 0.15) is 17.3 Å². The molecule has 0 amide bonds.